The molecule has 0 unspecified atom stereocenters. The summed E-state index contributed by atoms with van der Waals surface area (Å²) in [5.74, 6) is 0.0433. The summed E-state index contributed by atoms with van der Waals surface area (Å²) in [5.41, 5.74) is 0.420. The van der Waals surface area contributed by atoms with E-state index in [0.717, 1.165) is 5.56 Å². The molecular weight excluding hydrogens is 310 g/mol. The lowest BCUT2D eigenvalue weighted by atomic mass is 10.1. The Bertz CT molecular complexity index is 689. The number of rotatable bonds is 5. The predicted octanol–water partition coefficient (Wildman–Crippen LogP) is 2.60. The number of amides is 2. The number of benzene rings is 1. The van der Waals surface area contributed by atoms with Crippen molar-refractivity contribution in [1.82, 2.24) is 15.6 Å². The molecule has 2 N–H and O–H groups in total. The summed E-state index contributed by atoms with van der Waals surface area (Å²) < 4.78 is 10.4. The maximum atomic E-state index is 12.2. The largest absolute Gasteiger partial charge is 0.444 e. The first kappa shape index (κ1) is 17.5. The second-order valence-corrected chi connectivity index (χ2v) is 6.08. The minimum atomic E-state index is -0.557. The molecule has 2 amide bonds. The molecule has 0 atom stereocenters. The summed E-state index contributed by atoms with van der Waals surface area (Å²) in [6, 6.07) is 9.25. The highest BCUT2D eigenvalue weighted by atomic mass is 16.6. The Morgan fingerprint density at radius 3 is 2.46 bits per heavy atom. The number of oxazole rings is 1. The highest BCUT2D eigenvalue weighted by molar-refractivity contribution is 5.97. The number of hydrogen-bond acceptors (Lipinski definition) is 5. The van der Waals surface area contributed by atoms with Gasteiger partial charge in [-0.25, -0.2) is 9.78 Å². The van der Waals surface area contributed by atoms with Crippen LogP contribution in [0.4, 0.5) is 4.79 Å². The zero-order valence-electron chi connectivity index (χ0n) is 14.0. The Labute approximate surface area is 140 Å². The van der Waals surface area contributed by atoms with Crippen LogP contribution in [0.5, 0.6) is 0 Å². The molecule has 0 spiro atoms. The van der Waals surface area contributed by atoms with Crippen LogP contribution in [0, 0.1) is 0 Å². The quantitative estimate of drug-likeness (QED) is 0.821. The molecule has 1 aromatic heterocycles. The van der Waals surface area contributed by atoms with Crippen molar-refractivity contribution in [3.05, 3.63) is 42.4 Å². The van der Waals surface area contributed by atoms with Crippen LogP contribution in [0.15, 0.2) is 41.1 Å². The molecule has 0 aliphatic rings. The van der Waals surface area contributed by atoms with Gasteiger partial charge in [0.15, 0.2) is 17.8 Å². The van der Waals surface area contributed by atoms with Crippen molar-refractivity contribution in [3.8, 4) is 11.3 Å². The molecule has 0 saturated carbocycles. The number of carbonyl (C=O) groups is 2. The molecule has 7 heteroatoms. The van der Waals surface area contributed by atoms with Crippen LogP contribution in [-0.4, -0.2) is 35.7 Å². The van der Waals surface area contributed by atoms with Gasteiger partial charge < -0.3 is 19.8 Å². The Morgan fingerprint density at radius 2 is 1.79 bits per heavy atom. The van der Waals surface area contributed by atoms with Crippen molar-refractivity contribution in [1.29, 1.82) is 0 Å². The number of nitrogens with zero attached hydrogens (tertiary/aromatic N) is 1. The average Bonchev–Trinajstić information content (AvgIpc) is 3.00. The topological polar surface area (TPSA) is 93.5 Å². The molecule has 1 aromatic carbocycles. The predicted molar refractivity (Wildman–Crippen MR) is 88.5 cm³/mol. The van der Waals surface area contributed by atoms with E-state index in [1.165, 1.54) is 6.39 Å². The SMILES string of the molecule is CC(C)(C)OC(=O)NCCNC(=O)c1ncoc1-c1ccccc1. The first-order valence-electron chi connectivity index (χ1n) is 7.61. The van der Waals surface area contributed by atoms with Gasteiger partial charge in [0, 0.05) is 18.7 Å². The van der Waals surface area contributed by atoms with Gasteiger partial charge in [-0.3, -0.25) is 4.79 Å². The maximum absolute atomic E-state index is 12.2. The molecule has 2 aromatic rings. The zero-order valence-corrected chi connectivity index (χ0v) is 14.0. The number of hydrogen-bond donors (Lipinski definition) is 2. The zero-order chi connectivity index (χ0) is 17.6. The highest BCUT2D eigenvalue weighted by Crippen LogP contribution is 2.22. The fraction of sp³-hybridized carbons (Fsp3) is 0.353. The highest BCUT2D eigenvalue weighted by Gasteiger charge is 2.18. The average molecular weight is 331 g/mol. The van der Waals surface area contributed by atoms with E-state index >= 15 is 0 Å². The van der Waals surface area contributed by atoms with Crippen molar-refractivity contribution in [2.75, 3.05) is 13.1 Å². The van der Waals surface area contributed by atoms with Crippen molar-refractivity contribution in [2.24, 2.45) is 0 Å². The second-order valence-electron chi connectivity index (χ2n) is 6.08. The summed E-state index contributed by atoms with van der Waals surface area (Å²) in [4.78, 5) is 27.7. The third-order valence-corrected chi connectivity index (χ3v) is 2.90. The van der Waals surface area contributed by atoms with Gasteiger partial charge >= 0.3 is 6.09 Å². The van der Waals surface area contributed by atoms with E-state index in [4.69, 9.17) is 9.15 Å². The van der Waals surface area contributed by atoms with Crippen LogP contribution in [0.3, 0.4) is 0 Å². The van der Waals surface area contributed by atoms with Gasteiger partial charge in [-0.05, 0) is 20.8 Å². The number of nitrogens with one attached hydrogen (secondary N) is 2. The van der Waals surface area contributed by atoms with Crippen LogP contribution in [0.25, 0.3) is 11.3 Å². The smallest absolute Gasteiger partial charge is 0.407 e. The number of aromatic nitrogens is 1. The number of alkyl carbamates (subject to hydrolysis) is 1. The van der Waals surface area contributed by atoms with Crippen LogP contribution in [0.2, 0.25) is 0 Å². The molecule has 2 rings (SSSR count). The standard InChI is InChI=1S/C17H21N3O4/c1-17(2,3)24-16(22)19-10-9-18-15(21)13-14(23-11-20-13)12-7-5-4-6-8-12/h4-8,11H,9-10H2,1-3H3,(H,18,21)(H,19,22). The lowest BCUT2D eigenvalue weighted by Gasteiger charge is -2.19. The van der Waals surface area contributed by atoms with Crippen molar-refractivity contribution in [2.45, 2.75) is 26.4 Å². The Morgan fingerprint density at radius 1 is 1.12 bits per heavy atom. The molecule has 0 radical (unpaired) electrons. The molecule has 128 valence electrons. The summed E-state index contributed by atoms with van der Waals surface area (Å²) in [6.07, 6.45) is 0.707. The molecular formula is C17H21N3O4. The van der Waals surface area contributed by atoms with E-state index in [0.29, 0.717) is 5.76 Å². The van der Waals surface area contributed by atoms with E-state index < -0.39 is 11.7 Å². The van der Waals surface area contributed by atoms with E-state index in [1.54, 1.807) is 20.8 Å². The van der Waals surface area contributed by atoms with E-state index in [9.17, 15) is 9.59 Å². The van der Waals surface area contributed by atoms with Crippen LogP contribution in [-0.2, 0) is 4.74 Å². The fourth-order valence-corrected chi connectivity index (χ4v) is 1.94. The third kappa shape index (κ3) is 5.12. The fourth-order valence-electron chi connectivity index (χ4n) is 1.94. The van der Waals surface area contributed by atoms with E-state index in [-0.39, 0.29) is 24.7 Å². The monoisotopic (exact) mass is 331 g/mol. The van der Waals surface area contributed by atoms with Gasteiger partial charge in [0.2, 0.25) is 0 Å². The maximum Gasteiger partial charge on any atom is 0.407 e. The second kappa shape index (κ2) is 7.63. The molecule has 7 nitrogen and oxygen atoms in total. The van der Waals surface area contributed by atoms with Crippen LogP contribution in [0.1, 0.15) is 31.3 Å². The Hall–Kier alpha value is -2.83. The minimum absolute atomic E-state index is 0.207. The molecule has 0 fully saturated rings. The van der Waals surface area contributed by atoms with Gasteiger partial charge in [-0.1, -0.05) is 30.3 Å². The van der Waals surface area contributed by atoms with E-state index in [2.05, 4.69) is 15.6 Å². The molecule has 0 aliphatic heterocycles. The number of ether oxygens (including phenoxy) is 1. The third-order valence-electron chi connectivity index (χ3n) is 2.90. The van der Waals surface area contributed by atoms with Crippen molar-refractivity contribution < 1.29 is 18.7 Å². The Balaban J connectivity index is 1.84. The molecule has 1 heterocycles. The first-order valence-corrected chi connectivity index (χ1v) is 7.61. The van der Waals surface area contributed by atoms with Crippen LogP contribution < -0.4 is 10.6 Å². The molecule has 0 aliphatic carbocycles. The molecule has 24 heavy (non-hydrogen) atoms. The van der Waals surface area contributed by atoms with Crippen LogP contribution >= 0.6 is 0 Å². The lowest BCUT2D eigenvalue weighted by Crippen LogP contribution is -2.38. The van der Waals surface area contributed by atoms with Gasteiger partial charge in [0.05, 0.1) is 0 Å². The first-order chi connectivity index (χ1) is 11.4. The Kier molecular flexibility index (Phi) is 5.57. The minimum Gasteiger partial charge on any atom is -0.444 e. The summed E-state index contributed by atoms with van der Waals surface area (Å²) in [6.45, 7) is 5.84. The van der Waals surface area contributed by atoms with Crippen molar-refractivity contribution >= 4 is 12.0 Å². The van der Waals surface area contributed by atoms with Gasteiger partial charge in [-0.15, -0.1) is 0 Å². The summed E-state index contributed by atoms with van der Waals surface area (Å²) in [5, 5.41) is 5.25. The number of carbonyl (C=O) groups excluding carboxylic acids is 2. The van der Waals surface area contributed by atoms with Gasteiger partial charge in [-0.2, -0.15) is 0 Å². The van der Waals surface area contributed by atoms with E-state index in [1.807, 2.05) is 30.3 Å². The van der Waals surface area contributed by atoms with Gasteiger partial charge in [0.25, 0.3) is 5.91 Å². The summed E-state index contributed by atoms with van der Waals surface area (Å²) in [7, 11) is 0. The summed E-state index contributed by atoms with van der Waals surface area (Å²) >= 11 is 0. The molecule has 0 bridgehead atoms. The molecule has 0 saturated heterocycles. The van der Waals surface area contributed by atoms with Gasteiger partial charge in [0.1, 0.15) is 5.60 Å². The normalized spacial score (nSPS) is 11.0. The van der Waals surface area contributed by atoms with Crippen molar-refractivity contribution in [3.63, 3.8) is 0 Å². The lowest BCUT2D eigenvalue weighted by molar-refractivity contribution is 0.0526.